The average Bonchev–Trinajstić information content (AvgIpc) is 2.69. The Kier molecular flexibility index (Phi) is 5.34. The Bertz CT molecular complexity index is 832. The molecular weight excluding hydrogens is 342 g/mol. The van der Waals surface area contributed by atoms with Crippen LogP contribution in [0.1, 0.15) is 34.3 Å². The molecule has 1 aliphatic rings. The minimum Gasteiger partial charge on any atom is -0.349 e. The minimum atomic E-state index is -0.478. The van der Waals surface area contributed by atoms with Crippen molar-refractivity contribution in [2.24, 2.45) is 0 Å². The first-order valence-electron chi connectivity index (χ1n) is 8.68. The molecule has 0 saturated carbocycles. The molecule has 1 N–H and O–H groups in total. The highest BCUT2D eigenvalue weighted by Crippen LogP contribution is 2.34. The normalized spacial score (nSPS) is 15.8. The summed E-state index contributed by atoms with van der Waals surface area (Å²) in [5.41, 5.74) is 2.27. The summed E-state index contributed by atoms with van der Waals surface area (Å²) in [5, 5.41) is 13.0. The zero-order chi connectivity index (χ0) is 18.6. The number of nitrogens with zero attached hydrogens (tertiary/aromatic N) is 2. The molecule has 2 aromatic carbocycles. The van der Waals surface area contributed by atoms with E-state index in [9.17, 15) is 10.1 Å². The highest BCUT2D eigenvalue weighted by molar-refractivity contribution is 7.80. The Labute approximate surface area is 159 Å². The number of amides is 1. The smallest absolute Gasteiger partial charge is 0.257 e. The average molecular weight is 363 g/mol. The highest BCUT2D eigenvalue weighted by atomic mass is 32.1. The number of hydrogen-bond acceptors (Lipinski definition) is 3. The monoisotopic (exact) mass is 363 g/mol. The lowest BCUT2D eigenvalue weighted by Crippen LogP contribution is -2.49. The fourth-order valence-electron chi connectivity index (χ4n) is 3.27. The fraction of sp³-hybridized carbons (Fsp3) is 0.286. The van der Waals surface area contributed by atoms with Gasteiger partial charge in [0.1, 0.15) is 0 Å². The molecule has 0 radical (unpaired) electrons. The molecule has 1 amide bonds. The molecule has 2 aromatic rings. The summed E-state index contributed by atoms with van der Waals surface area (Å²) < 4.78 is 0. The third-order valence-electron chi connectivity index (χ3n) is 4.98. The molecule has 4 nitrogen and oxygen atoms in total. The Balaban J connectivity index is 1.62. The van der Waals surface area contributed by atoms with Crippen molar-refractivity contribution in [3.05, 3.63) is 71.3 Å². The van der Waals surface area contributed by atoms with Crippen LogP contribution < -0.4 is 5.32 Å². The predicted octanol–water partition coefficient (Wildman–Crippen LogP) is 3.57. The van der Waals surface area contributed by atoms with Gasteiger partial charge in [-0.05, 0) is 49.7 Å². The molecule has 1 fully saturated rings. The first kappa shape index (κ1) is 18.1. The van der Waals surface area contributed by atoms with E-state index in [0.717, 1.165) is 11.1 Å². The number of thiocarbonyl (C=S) groups is 1. The van der Waals surface area contributed by atoms with Gasteiger partial charge in [-0.2, -0.15) is 5.26 Å². The molecule has 5 heteroatoms. The molecule has 0 unspecified atom stereocenters. The van der Waals surface area contributed by atoms with Crippen molar-refractivity contribution in [2.75, 3.05) is 13.1 Å². The van der Waals surface area contributed by atoms with Crippen LogP contribution in [0.3, 0.4) is 0 Å². The molecule has 26 heavy (non-hydrogen) atoms. The van der Waals surface area contributed by atoms with E-state index >= 15 is 0 Å². The van der Waals surface area contributed by atoms with Gasteiger partial charge < -0.3 is 4.90 Å². The summed E-state index contributed by atoms with van der Waals surface area (Å²) in [7, 11) is 0. The van der Waals surface area contributed by atoms with Crippen molar-refractivity contribution in [1.82, 2.24) is 10.2 Å². The zero-order valence-corrected chi connectivity index (χ0v) is 15.6. The maximum Gasteiger partial charge on any atom is 0.257 e. The standard InChI is InChI=1S/C21H21N3OS/c1-16-7-9-17(10-8-16)19(25)23-20(26)24-13-11-21(15-22,12-14-24)18-5-3-2-4-6-18/h2-10H,11-14H2,1H3,(H,23,25,26). The molecule has 3 rings (SSSR count). The van der Waals surface area contributed by atoms with Gasteiger partial charge in [0.25, 0.3) is 5.91 Å². The maximum absolute atomic E-state index is 12.3. The Morgan fingerprint density at radius 3 is 2.31 bits per heavy atom. The maximum atomic E-state index is 12.3. The number of carbonyl (C=O) groups excluding carboxylic acids is 1. The van der Waals surface area contributed by atoms with Crippen LogP contribution in [0, 0.1) is 18.3 Å². The number of nitrogens with one attached hydrogen (secondary N) is 1. The molecule has 1 heterocycles. The van der Waals surface area contributed by atoms with Crippen LogP contribution in [0.5, 0.6) is 0 Å². The van der Waals surface area contributed by atoms with Gasteiger partial charge in [-0.1, -0.05) is 48.0 Å². The van der Waals surface area contributed by atoms with Crippen LogP contribution in [-0.4, -0.2) is 29.0 Å². The summed E-state index contributed by atoms with van der Waals surface area (Å²) in [6, 6.07) is 19.8. The largest absolute Gasteiger partial charge is 0.349 e. The molecule has 0 spiro atoms. The molecule has 0 atom stereocenters. The topological polar surface area (TPSA) is 56.1 Å². The van der Waals surface area contributed by atoms with Crippen molar-refractivity contribution in [3.8, 4) is 6.07 Å². The van der Waals surface area contributed by atoms with Crippen LogP contribution in [0.2, 0.25) is 0 Å². The second-order valence-electron chi connectivity index (χ2n) is 6.67. The van der Waals surface area contributed by atoms with Crippen molar-refractivity contribution in [3.63, 3.8) is 0 Å². The number of rotatable bonds is 2. The van der Waals surface area contributed by atoms with Crippen molar-refractivity contribution >= 4 is 23.2 Å². The number of benzene rings is 2. The lowest BCUT2D eigenvalue weighted by atomic mass is 9.74. The third-order valence-corrected chi connectivity index (χ3v) is 5.34. The molecule has 0 bridgehead atoms. The Hall–Kier alpha value is -2.71. The van der Waals surface area contributed by atoms with E-state index < -0.39 is 5.41 Å². The summed E-state index contributed by atoms with van der Waals surface area (Å²) in [5.74, 6) is -0.199. The van der Waals surface area contributed by atoms with E-state index in [1.54, 1.807) is 12.1 Å². The van der Waals surface area contributed by atoms with Gasteiger partial charge in [-0.15, -0.1) is 0 Å². The molecule has 0 aromatic heterocycles. The lowest BCUT2D eigenvalue weighted by molar-refractivity contribution is 0.0971. The lowest BCUT2D eigenvalue weighted by Gasteiger charge is -2.38. The second-order valence-corrected chi connectivity index (χ2v) is 7.06. The van der Waals surface area contributed by atoms with Crippen LogP contribution in [0.25, 0.3) is 0 Å². The molecule has 1 saturated heterocycles. The van der Waals surface area contributed by atoms with E-state index in [2.05, 4.69) is 11.4 Å². The van der Waals surface area contributed by atoms with Gasteiger partial charge in [0.15, 0.2) is 5.11 Å². The van der Waals surface area contributed by atoms with Gasteiger partial charge in [-0.25, -0.2) is 0 Å². The molecule has 1 aliphatic heterocycles. The molecule has 0 aliphatic carbocycles. The van der Waals surface area contributed by atoms with Gasteiger partial charge >= 0.3 is 0 Å². The summed E-state index contributed by atoms with van der Waals surface area (Å²) in [6.07, 6.45) is 1.38. The van der Waals surface area contributed by atoms with Crippen LogP contribution in [-0.2, 0) is 5.41 Å². The van der Waals surface area contributed by atoms with Gasteiger partial charge in [0.2, 0.25) is 0 Å². The predicted molar refractivity (Wildman–Crippen MR) is 106 cm³/mol. The fourth-order valence-corrected chi connectivity index (χ4v) is 3.54. The van der Waals surface area contributed by atoms with Gasteiger partial charge in [-0.3, -0.25) is 10.1 Å². The quantitative estimate of drug-likeness (QED) is 0.829. The number of aryl methyl sites for hydroxylation is 1. The number of nitriles is 1. The third kappa shape index (κ3) is 3.76. The van der Waals surface area contributed by atoms with E-state index in [1.807, 2.05) is 54.3 Å². The van der Waals surface area contributed by atoms with E-state index in [-0.39, 0.29) is 5.91 Å². The van der Waals surface area contributed by atoms with E-state index in [0.29, 0.717) is 36.6 Å². The first-order valence-corrected chi connectivity index (χ1v) is 9.09. The Morgan fingerprint density at radius 2 is 1.73 bits per heavy atom. The minimum absolute atomic E-state index is 0.199. The SMILES string of the molecule is Cc1ccc(C(=O)NC(=S)N2CCC(C#N)(c3ccccc3)CC2)cc1. The number of carbonyl (C=O) groups is 1. The molecule has 132 valence electrons. The van der Waals surface area contributed by atoms with E-state index in [1.165, 1.54) is 0 Å². The summed E-state index contributed by atoms with van der Waals surface area (Å²) >= 11 is 5.41. The van der Waals surface area contributed by atoms with Crippen LogP contribution >= 0.6 is 12.2 Å². The van der Waals surface area contributed by atoms with Crippen molar-refractivity contribution < 1.29 is 4.79 Å². The van der Waals surface area contributed by atoms with Crippen LogP contribution in [0.4, 0.5) is 0 Å². The summed E-state index contributed by atoms with van der Waals surface area (Å²) in [6.45, 7) is 3.28. The number of piperidine rings is 1. The van der Waals surface area contributed by atoms with Crippen molar-refractivity contribution in [1.29, 1.82) is 5.26 Å². The summed E-state index contributed by atoms with van der Waals surface area (Å²) in [4.78, 5) is 14.3. The van der Waals surface area contributed by atoms with Gasteiger partial charge in [0.05, 0.1) is 11.5 Å². The number of hydrogen-bond donors (Lipinski definition) is 1. The zero-order valence-electron chi connectivity index (χ0n) is 14.7. The number of likely N-dealkylation sites (tertiary alicyclic amines) is 1. The van der Waals surface area contributed by atoms with Crippen molar-refractivity contribution in [2.45, 2.75) is 25.2 Å². The van der Waals surface area contributed by atoms with Crippen LogP contribution in [0.15, 0.2) is 54.6 Å². The highest BCUT2D eigenvalue weighted by Gasteiger charge is 2.37. The second kappa shape index (κ2) is 7.67. The van der Waals surface area contributed by atoms with Gasteiger partial charge in [0, 0.05) is 18.7 Å². The first-order chi connectivity index (χ1) is 12.5. The van der Waals surface area contributed by atoms with E-state index in [4.69, 9.17) is 12.2 Å². The Morgan fingerprint density at radius 1 is 1.12 bits per heavy atom. The molecular formula is C21H21N3OS.